The first kappa shape index (κ1) is 13.3. The van der Waals surface area contributed by atoms with Crippen LogP contribution in [0, 0.1) is 5.82 Å². The van der Waals surface area contributed by atoms with Gasteiger partial charge in [-0.2, -0.15) is 4.99 Å². The molecule has 0 radical (unpaired) electrons. The fourth-order valence-electron chi connectivity index (χ4n) is 2.35. The van der Waals surface area contributed by atoms with Crippen molar-refractivity contribution in [3.8, 4) is 0 Å². The summed E-state index contributed by atoms with van der Waals surface area (Å²) in [4.78, 5) is 25.2. The number of amides is 1. The molecule has 21 heavy (non-hydrogen) atoms. The third-order valence-corrected chi connectivity index (χ3v) is 3.43. The van der Waals surface area contributed by atoms with Crippen molar-refractivity contribution >= 4 is 23.3 Å². The molecule has 0 saturated carbocycles. The van der Waals surface area contributed by atoms with Crippen LogP contribution in [0.5, 0.6) is 0 Å². The Bertz CT molecular complexity index is 695. The Kier molecular flexibility index (Phi) is 3.41. The summed E-state index contributed by atoms with van der Waals surface area (Å²) in [7, 11) is 0. The van der Waals surface area contributed by atoms with Gasteiger partial charge in [0.1, 0.15) is 5.82 Å². The molecule has 0 spiro atoms. The van der Waals surface area contributed by atoms with E-state index in [0.29, 0.717) is 18.7 Å². The van der Waals surface area contributed by atoms with E-state index in [1.54, 1.807) is 4.90 Å². The lowest BCUT2D eigenvalue weighted by molar-refractivity contribution is -0.123. The third-order valence-electron chi connectivity index (χ3n) is 3.43. The summed E-state index contributed by atoms with van der Waals surface area (Å²) >= 11 is 0. The Morgan fingerprint density at radius 3 is 2.48 bits per heavy atom. The van der Waals surface area contributed by atoms with Crippen LogP contribution in [-0.4, -0.2) is 46.1 Å². The van der Waals surface area contributed by atoms with Crippen molar-refractivity contribution in [3.63, 3.8) is 0 Å². The van der Waals surface area contributed by atoms with E-state index in [9.17, 15) is 9.18 Å². The molecular weight excluding hydrogens is 273 g/mol. The highest BCUT2D eigenvalue weighted by Gasteiger charge is 2.37. The molecule has 1 aromatic rings. The first-order chi connectivity index (χ1) is 10.2. The number of carbonyl (C=O) groups is 1. The molecule has 0 aliphatic carbocycles. The van der Waals surface area contributed by atoms with Crippen LogP contribution in [0.25, 0.3) is 5.53 Å². The third kappa shape index (κ3) is 2.51. The quantitative estimate of drug-likeness (QED) is 0.595. The largest absolute Gasteiger partial charge is 0.497 e. The van der Waals surface area contributed by atoms with Crippen molar-refractivity contribution in [1.29, 1.82) is 0 Å². The van der Waals surface area contributed by atoms with Gasteiger partial charge in [-0.05, 0) is 42.1 Å². The van der Waals surface area contributed by atoms with Crippen LogP contribution >= 0.6 is 0 Å². The van der Waals surface area contributed by atoms with Gasteiger partial charge in [0.25, 0.3) is 11.7 Å². The predicted octanol–water partition coefficient (Wildman–Crippen LogP) is 1.28. The van der Waals surface area contributed by atoms with E-state index in [4.69, 9.17) is 5.53 Å². The van der Waals surface area contributed by atoms with E-state index in [1.165, 1.54) is 24.3 Å². The first-order valence-electron chi connectivity index (χ1n) is 6.64. The minimum atomic E-state index is -0.370. The summed E-state index contributed by atoms with van der Waals surface area (Å²) in [5, 5.41) is 0. The molecule has 0 unspecified atom stereocenters. The first-order valence-corrected chi connectivity index (χ1v) is 6.64. The highest BCUT2D eigenvalue weighted by molar-refractivity contribution is 6.68. The van der Waals surface area contributed by atoms with Crippen LogP contribution in [0.1, 0.15) is 18.4 Å². The average molecular weight is 285 g/mol. The molecule has 0 N–H and O–H groups in total. The van der Waals surface area contributed by atoms with Gasteiger partial charge >= 0.3 is 5.84 Å². The summed E-state index contributed by atoms with van der Waals surface area (Å²) in [6.45, 7) is 1.34. The minimum Gasteiger partial charge on any atom is -0.497 e. The van der Waals surface area contributed by atoms with Crippen molar-refractivity contribution < 1.29 is 14.0 Å². The van der Waals surface area contributed by atoms with Crippen LogP contribution in [0.2, 0.25) is 0 Å². The van der Waals surface area contributed by atoms with E-state index < -0.39 is 0 Å². The number of nitrogens with zero attached hydrogens (tertiary/aromatic N) is 5. The second kappa shape index (κ2) is 5.38. The number of benzene rings is 1. The van der Waals surface area contributed by atoms with E-state index in [-0.39, 0.29) is 29.1 Å². The number of aliphatic imine (C=N–C) groups is 2. The lowest BCUT2D eigenvalue weighted by Crippen LogP contribution is -2.37. The lowest BCUT2D eigenvalue weighted by atomic mass is 10.2. The molecule has 3 rings (SSSR count). The van der Waals surface area contributed by atoms with E-state index in [2.05, 4.69) is 14.8 Å². The molecule has 1 amide bonds. The van der Waals surface area contributed by atoms with E-state index >= 15 is 0 Å². The Morgan fingerprint density at radius 2 is 1.86 bits per heavy atom. The highest BCUT2D eigenvalue weighted by Crippen LogP contribution is 2.14. The van der Waals surface area contributed by atoms with E-state index in [1.807, 2.05) is 0 Å². The van der Waals surface area contributed by atoms with Crippen molar-refractivity contribution in [2.45, 2.75) is 12.8 Å². The number of hydrogen-bond acceptors (Lipinski definition) is 2. The summed E-state index contributed by atoms with van der Waals surface area (Å²) in [6.07, 6.45) is 1.91. The zero-order valence-electron chi connectivity index (χ0n) is 11.2. The summed E-state index contributed by atoms with van der Waals surface area (Å²) < 4.78 is 12.9. The summed E-state index contributed by atoms with van der Waals surface area (Å²) in [5.41, 5.74) is 9.59. The molecule has 2 aliphatic rings. The SMILES string of the molecule is [N-]=[N+]=C1N=C(c2ccc(F)cc2)N=C1C(=O)N1CCCC1. The molecule has 1 saturated heterocycles. The fraction of sp³-hybridized carbons (Fsp3) is 0.286. The number of halogens is 1. The fourth-order valence-corrected chi connectivity index (χ4v) is 2.35. The second-order valence-corrected chi connectivity index (χ2v) is 4.83. The van der Waals surface area contributed by atoms with Gasteiger partial charge in [0.15, 0.2) is 0 Å². The topological polar surface area (TPSA) is 81.4 Å². The number of hydrogen-bond donors (Lipinski definition) is 0. The molecule has 6 nitrogen and oxygen atoms in total. The maximum absolute atomic E-state index is 12.9. The van der Waals surface area contributed by atoms with Crippen LogP contribution in [0.3, 0.4) is 0 Å². The minimum absolute atomic E-state index is 0.0266. The Hall–Kier alpha value is -2.66. The maximum Gasteiger partial charge on any atom is 0.435 e. The monoisotopic (exact) mass is 285 g/mol. The van der Waals surface area contributed by atoms with Crippen molar-refractivity contribution in [1.82, 2.24) is 4.90 Å². The predicted molar refractivity (Wildman–Crippen MR) is 74.8 cm³/mol. The highest BCUT2D eigenvalue weighted by atomic mass is 19.1. The van der Waals surface area contributed by atoms with Crippen molar-refractivity contribution in [2.75, 3.05) is 13.1 Å². The Balaban J connectivity index is 1.92. The van der Waals surface area contributed by atoms with Gasteiger partial charge in [-0.25, -0.2) is 4.39 Å². The van der Waals surface area contributed by atoms with Gasteiger partial charge < -0.3 is 15.2 Å². The molecule has 7 heteroatoms. The number of carbonyl (C=O) groups excluding carboxylic acids is 1. The van der Waals surface area contributed by atoms with Crippen molar-refractivity contribution in [3.05, 3.63) is 41.2 Å². The number of rotatable bonds is 2. The molecule has 0 atom stereocenters. The van der Waals surface area contributed by atoms with Gasteiger partial charge in [0, 0.05) is 18.7 Å². The van der Waals surface area contributed by atoms with Gasteiger partial charge in [-0.3, -0.25) is 4.79 Å². The van der Waals surface area contributed by atoms with Gasteiger partial charge in [0.2, 0.25) is 5.71 Å². The molecular formula is C14H12FN5O. The van der Waals surface area contributed by atoms with Gasteiger partial charge in [-0.15, -0.1) is 0 Å². The van der Waals surface area contributed by atoms with Gasteiger partial charge in [0.05, 0.1) is 0 Å². The van der Waals surface area contributed by atoms with Crippen LogP contribution in [-0.2, 0) is 4.79 Å². The van der Waals surface area contributed by atoms with Crippen LogP contribution in [0.4, 0.5) is 4.39 Å². The zero-order valence-corrected chi connectivity index (χ0v) is 11.2. The number of amidine groups is 2. The van der Waals surface area contributed by atoms with Gasteiger partial charge in [-0.1, -0.05) is 0 Å². The molecule has 0 aromatic heterocycles. The Morgan fingerprint density at radius 1 is 1.19 bits per heavy atom. The molecule has 2 heterocycles. The molecule has 1 fully saturated rings. The van der Waals surface area contributed by atoms with Crippen LogP contribution < -0.4 is 0 Å². The number of likely N-dealkylation sites (tertiary alicyclic amines) is 1. The molecule has 0 bridgehead atoms. The molecule has 2 aliphatic heterocycles. The zero-order chi connectivity index (χ0) is 14.8. The standard InChI is InChI=1S/C14H12FN5O/c15-10-5-3-9(4-6-10)12-17-11(13(18-12)19-16)14(21)20-7-1-2-8-20/h3-6H,1-2,7-8H2. The average Bonchev–Trinajstić information content (AvgIpc) is 3.17. The van der Waals surface area contributed by atoms with E-state index in [0.717, 1.165) is 12.8 Å². The van der Waals surface area contributed by atoms with Crippen LogP contribution in [0.15, 0.2) is 34.3 Å². The molecule has 106 valence electrons. The molecule has 1 aromatic carbocycles. The summed E-state index contributed by atoms with van der Waals surface area (Å²) in [6, 6.07) is 5.58. The normalized spacial score (nSPS) is 17.6. The lowest BCUT2D eigenvalue weighted by Gasteiger charge is -2.12. The second-order valence-electron chi connectivity index (χ2n) is 4.83. The Labute approximate surface area is 120 Å². The maximum atomic E-state index is 12.9. The smallest absolute Gasteiger partial charge is 0.435 e. The van der Waals surface area contributed by atoms with Crippen molar-refractivity contribution in [2.24, 2.45) is 9.98 Å². The summed E-state index contributed by atoms with van der Waals surface area (Å²) in [5.74, 6) is -0.525.